The molecule has 0 bridgehead atoms. The fraction of sp³-hybridized carbons (Fsp3) is 0.457. The molecule has 298 valence electrons. The third-order valence-corrected chi connectivity index (χ3v) is 7.57. The Balaban J connectivity index is 4.68. The zero-order valence-corrected chi connectivity index (χ0v) is 33.6. The number of carbonyl (C=O) groups is 3. The second-order valence-corrected chi connectivity index (χ2v) is 13.3. The minimum absolute atomic E-state index is 0.0117. The number of ether oxygens (including phenoxy) is 3. The molecule has 8 heteroatoms. The third kappa shape index (κ3) is 33.3. The summed E-state index contributed by atoms with van der Waals surface area (Å²) in [5, 5.41) is 11.6. The van der Waals surface area contributed by atoms with Crippen LogP contribution in [0.5, 0.6) is 0 Å². The molecule has 0 heterocycles. The minimum Gasteiger partial charge on any atom is -0.544 e. The first-order valence-electron chi connectivity index (χ1n) is 19.4. The van der Waals surface area contributed by atoms with Gasteiger partial charge in [-0.1, -0.05) is 154 Å². The summed E-state index contributed by atoms with van der Waals surface area (Å²) in [4.78, 5) is 36.7. The van der Waals surface area contributed by atoms with Crippen molar-refractivity contribution in [1.29, 1.82) is 0 Å². The molecule has 54 heavy (non-hydrogen) atoms. The molecule has 0 aliphatic rings. The quantitative estimate of drug-likeness (QED) is 0.0303. The molecule has 0 aliphatic heterocycles. The lowest BCUT2D eigenvalue weighted by Crippen LogP contribution is -2.55. The maximum atomic E-state index is 12.7. The lowest BCUT2D eigenvalue weighted by Gasteiger charge is -2.34. The number of carbonyl (C=O) groups excluding carboxylic acids is 3. The molecule has 8 nitrogen and oxygen atoms in total. The molecule has 0 spiro atoms. The monoisotopic (exact) mass is 745 g/mol. The highest BCUT2D eigenvalue weighted by molar-refractivity contribution is 5.70. The number of likely N-dealkylation sites (N-methyl/N-ethyl adjacent to an activating group) is 1. The number of unbranched alkanes of at least 4 members (excludes halogenated alkanes) is 4. The van der Waals surface area contributed by atoms with E-state index in [0.717, 1.165) is 38.5 Å². The maximum Gasteiger partial charge on any atom is 0.306 e. The molecule has 0 radical (unpaired) electrons. The van der Waals surface area contributed by atoms with Gasteiger partial charge in [-0.3, -0.25) is 9.59 Å². The smallest absolute Gasteiger partial charge is 0.306 e. The van der Waals surface area contributed by atoms with Gasteiger partial charge in [0.2, 0.25) is 0 Å². The predicted molar refractivity (Wildman–Crippen MR) is 221 cm³/mol. The van der Waals surface area contributed by atoms with Crippen LogP contribution in [0, 0.1) is 0 Å². The van der Waals surface area contributed by atoms with Crippen LogP contribution in [0.3, 0.4) is 0 Å². The molecular weight excluding hydrogens is 679 g/mol. The van der Waals surface area contributed by atoms with Crippen molar-refractivity contribution < 1.29 is 38.2 Å². The van der Waals surface area contributed by atoms with Gasteiger partial charge in [0.1, 0.15) is 12.6 Å². The summed E-state index contributed by atoms with van der Waals surface area (Å²) in [6.07, 6.45) is 50.6. The highest BCUT2D eigenvalue weighted by Crippen LogP contribution is 2.10. The summed E-state index contributed by atoms with van der Waals surface area (Å²) in [7, 11) is 5.34. The van der Waals surface area contributed by atoms with Crippen molar-refractivity contribution in [3.8, 4) is 0 Å². The number of allylic oxidation sites excluding steroid dienone is 22. The predicted octanol–water partition coefficient (Wildman–Crippen LogP) is 8.73. The Bertz CT molecular complexity index is 1330. The molecule has 0 aromatic rings. The number of carboxylic acids is 1. The summed E-state index contributed by atoms with van der Waals surface area (Å²) in [5.41, 5.74) is 0. The Labute approximate surface area is 326 Å². The molecular formula is C46H67NO7. The van der Waals surface area contributed by atoms with Gasteiger partial charge < -0.3 is 28.6 Å². The Morgan fingerprint density at radius 1 is 0.556 bits per heavy atom. The number of hydrogen-bond acceptors (Lipinski definition) is 7. The Kier molecular flexibility index (Phi) is 32.5. The minimum atomic E-state index is -1.15. The fourth-order valence-corrected chi connectivity index (χ4v) is 4.60. The Hall–Kier alpha value is -4.53. The van der Waals surface area contributed by atoms with E-state index in [1.807, 2.05) is 115 Å². The normalized spacial score (nSPS) is 14.5. The molecule has 2 unspecified atom stereocenters. The summed E-state index contributed by atoms with van der Waals surface area (Å²) in [5.74, 6) is -1.92. The number of hydrogen-bond donors (Lipinski definition) is 0. The second kappa shape index (κ2) is 35.5. The first-order valence-corrected chi connectivity index (χ1v) is 19.4. The van der Waals surface area contributed by atoms with Crippen molar-refractivity contribution in [2.45, 2.75) is 96.6 Å². The summed E-state index contributed by atoms with van der Waals surface area (Å²) in [6.45, 7) is 4.19. The van der Waals surface area contributed by atoms with E-state index < -0.39 is 18.1 Å². The van der Waals surface area contributed by atoms with Crippen LogP contribution in [0.1, 0.15) is 84.5 Å². The number of rotatable bonds is 31. The molecule has 2 atom stereocenters. The summed E-state index contributed by atoms with van der Waals surface area (Å²) >= 11 is 0. The van der Waals surface area contributed by atoms with E-state index in [1.54, 1.807) is 21.1 Å². The van der Waals surface area contributed by atoms with Gasteiger partial charge in [0.15, 0.2) is 6.10 Å². The lowest BCUT2D eigenvalue weighted by atomic mass is 10.1. The maximum absolute atomic E-state index is 12.7. The number of aliphatic carboxylic acids is 1. The van der Waals surface area contributed by atoms with Crippen LogP contribution >= 0.6 is 0 Å². The van der Waals surface area contributed by atoms with E-state index >= 15 is 0 Å². The number of carboxylic acid groups (broad SMARTS) is 1. The van der Waals surface area contributed by atoms with E-state index in [4.69, 9.17) is 14.2 Å². The Morgan fingerprint density at radius 3 is 1.46 bits per heavy atom. The Morgan fingerprint density at radius 2 is 1.00 bits per heavy atom. The van der Waals surface area contributed by atoms with Crippen LogP contribution in [0.4, 0.5) is 0 Å². The van der Waals surface area contributed by atoms with Crippen LogP contribution in [-0.4, -0.2) is 75.5 Å². The van der Waals surface area contributed by atoms with Gasteiger partial charge in [0.25, 0.3) is 0 Å². The molecule has 0 aromatic heterocycles. The van der Waals surface area contributed by atoms with Crippen LogP contribution in [0.25, 0.3) is 0 Å². The zero-order valence-electron chi connectivity index (χ0n) is 33.6. The van der Waals surface area contributed by atoms with Gasteiger partial charge in [0, 0.05) is 19.3 Å². The average molecular weight is 746 g/mol. The van der Waals surface area contributed by atoms with Gasteiger partial charge in [0.05, 0.1) is 40.3 Å². The third-order valence-electron chi connectivity index (χ3n) is 7.57. The van der Waals surface area contributed by atoms with Crippen molar-refractivity contribution >= 4 is 17.9 Å². The highest BCUT2D eigenvalue weighted by Gasteiger charge is 2.25. The van der Waals surface area contributed by atoms with Gasteiger partial charge in [-0.25, -0.2) is 0 Å². The standard InChI is InChI=1S/C46H67NO7/c1-6-8-10-12-14-16-18-20-21-22-23-25-27-29-31-33-35-37-45(49)54-42(40-52-39-38-43(46(50)51)47(3,4)5)41-53-44(48)36-34-32-30-28-26-24-19-17-15-13-11-9-7-2/h8-28,30,42-43H,6-7,29,31-41H2,1-5H3/b10-8+,11-9+,14-12+,15-13+,18-16+,19-17+,21-20+,23-22+,26-24+,27-25+,30-28+. The van der Waals surface area contributed by atoms with Crippen molar-refractivity contribution in [3.05, 3.63) is 134 Å². The van der Waals surface area contributed by atoms with Gasteiger partial charge in [-0.2, -0.15) is 0 Å². The first-order chi connectivity index (χ1) is 26.1. The highest BCUT2D eigenvalue weighted by atomic mass is 16.6. The van der Waals surface area contributed by atoms with E-state index in [0.29, 0.717) is 12.8 Å². The van der Waals surface area contributed by atoms with E-state index in [1.165, 1.54) is 0 Å². The number of quaternary nitrogens is 1. The lowest BCUT2D eigenvalue weighted by molar-refractivity contribution is -0.889. The van der Waals surface area contributed by atoms with E-state index in [9.17, 15) is 19.5 Å². The topological polar surface area (TPSA) is 102 Å². The van der Waals surface area contributed by atoms with Crippen LogP contribution < -0.4 is 5.11 Å². The molecule has 0 aliphatic carbocycles. The molecule has 0 fully saturated rings. The van der Waals surface area contributed by atoms with Crippen LogP contribution in [-0.2, 0) is 28.6 Å². The first kappa shape index (κ1) is 49.5. The zero-order chi connectivity index (χ0) is 40.0. The van der Waals surface area contributed by atoms with E-state index in [2.05, 4.69) is 32.1 Å². The fourth-order valence-electron chi connectivity index (χ4n) is 4.60. The summed E-state index contributed by atoms with van der Waals surface area (Å²) < 4.78 is 17.0. The van der Waals surface area contributed by atoms with Crippen molar-refractivity contribution in [2.24, 2.45) is 0 Å². The van der Waals surface area contributed by atoms with Gasteiger partial charge in [-0.15, -0.1) is 0 Å². The molecule has 0 rings (SSSR count). The second-order valence-electron chi connectivity index (χ2n) is 13.3. The van der Waals surface area contributed by atoms with Crippen LogP contribution in [0.15, 0.2) is 134 Å². The van der Waals surface area contributed by atoms with Crippen molar-refractivity contribution in [1.82, 2.24) is 0 Å². The number of nitrogens with zero attached hydrogens (tertiary/aromatic N) is 1. The molecule has 0 N–H and O–H groups in total. The van der Waals surface area contributed by atoms with Crippen molar-refractivity contribution in [3.63, 3.8) is 0 Å². The van der Waals surface area contributed by atoms with Gasteiger partial charge in [-0.05, 0) is 44.9 Å². The van der Waals surface area contributed by atoms with Crippen molar-refractivity contribution in [2.75, 3.05) is 41.0 Å². The van der Waals surface area contributed by atoms with Crippen LogP contribution in [0.2, 0.25) is 0 Å². The molecule has 0 amide bonds. The largest absolute Gasteiger partial charge is 0.544 e. The molecule has 0 aromatic carbocycles. The summed E-state index contributed by atoms with van der Waals surface area (Å²) in [6, 6.07) is -0.754. The average Bonchev–Trinajstić information content (AvgIpc) is 3.12. The SMILES string of the molecule is CC/C=C/C=C/C=C/C=C/C=C/C=C/CCCCCC(=O)OC(COCCC(C(=O)[O-])[N+](C)(C)C)COC(=O)CCC/C=C/C=C/C=C/C=C/C=C/CC. The molecule has 0 saturated carbocycles. The molecule has 0 saturated heterocycles. The number of esters is 2. The van der Waals surface area contributed by atoms with Gasteiger partial charge >= 0.3 is 11.9 Å². The van der Waals surface area contributed by atoms with E-state index in [-0.39, 0.29) is 55.5 Å².